The molecule has 3 rings (SSSR count). The van der Waals surface area contributed by atoms with Gasteiger partial charge in [-0.25, -0.2) is 27.2 Å². The third-order valence-electron chi connectivity index (χ3n) is 4.19. The minimum atomic E-state index is -3.79. The predicted octanol–water partition coefficient (Wildman–Crippen LogP) is 4.07. The van der Waals surface area contributed by atoms with Gasteiger partial charge in [0.25, 0.3) is 0 Å². The number of aromatic nitrogens is 2. The molecule has 2 aromatic carbocycles. The summed E-state index contributed by atoms with van der Waals surface area (Å²) in [5.41, 5.74) is -0.352. The van der Waals surface area contributed by atoms with E-state index in [1.54, 1.807) is 13.8 Å². The number of anilines is 3. The van der Waals surface area contributed by atoms with Crippen molar-refractivity contribution in [1.29, 1.82) is 5.26 Å². The largest absolute Gasteiger partial charge is 0.477 e. The Balaban J connectivity index is 2.06. The van der Waals surface area contributed by atoms with Crippen molar-refractivity contribution in [2.24, 2.45) is 0 Å². The first-order valence-electron chi connectivity index (χ1n) is 9.37. The maximum atomic E-state index is 14.9. The van der Waals surface area contributed by atoms with Crippen LogP contribution in [-0.2, 0) is 10.0 Å². The third-order valence-corrected chi connectivity index (χ3v) is 5.66. The Bertz CT molecular complexity index is 1280. The van der Waals surface area contributed by atoms with Crippen molar-refractivity contribution in [3.63, 3.8) is 0 Å². The third kappa shape index (κ3) is 4.80. The number of sulfonamides is 1. The van der Waals surface area contributed by atoms with Crippen LogP contribution in [0, 0.1) is 23.0 Å². The van der Waals surface area contributed by atoms with Gasteiger partial charge in [-0.05, 0) is 37.6 Å². The van der Waals surface area contributed by atoms with Crippen molar-refractivity contribution in [3.05, 3.63) is 47.7 Å². The lowest BCUT2D eigenvalue weighted by Crippen LogP contribution is -2.17. The van der Waals surface area contributed by atoms with Gasteiger partial charge in [-0.2, -0.15) is 5.26 Å². The highest BCUT2D eigenvalue weighted by atomic mass is 32.2. The average molecular weight is 447 g/mol. The number of rotatable bonds is 8. The van der Waals surface area contributed by atoms with Crippen molar-refractivity contribution in [3.8, 4) is 11.9 Å². The van der Waals surface area contributed by atoms with E-state index in [-0.39, 0.29) is 28.4 Å². The van der Waals surface area contributed by atoms with E-state index < -0.39 is 33.0 Å². The second kappa shape index (κ2) is 9.09. The highest BCUT2D eigenvalue weighted by Gasteiger charge is 2.20. The van der Waals surface area contributed by atoms with Gasteiger partial charge in [0.15, 0.2) is 5.82 Å². The number of nitriles is 1. The van der Waals surface area contributed by atoms with Crippen LogP contribution in [0.4, 0.5) is 25.8 Å². The van der Waals surface area contributed by atoms with Crippen LogP contribution in [0.25, 0.3) is 11.0 Å². The van der Waals surface area contributed by atoms with Crippen LogP contribution < -0.4 is 14.8 Å². The van der Waals surface area contributed by atoms with Gasteiger partial charge in [0, 0.05) is 0 Å². The molecule has 0 aliphatic heterocycles. The number of halogens is 2. The molecule has 31 heavy (non-hydrogen) atoms. The Hall–Kier alpha value is -3.52. The fourth-order valence-corrected chi connectivity index (χ4v) is 4.00. The van der Waals surface area contributed by atoms with E-state index >= 15 is 0 Å². The summed E-state index contributed by atoms with van der Waals surface area (Å²) in [5, 5.41) is 12.2. The van der Waals surface area contributed by atoms with Crippen LogP contribution in [-0.4, -0.2) is 30.7 Å². The molecule has 0 amide bonds. The molecule has 0 radical (unpaired) electrons. The van der Waals surface area contributed by atoms with Crippen LogP contribution >= 0.6 is 0 Å². The zero-order valence-electron chi connectivity index (χ0n) is 16.7. The maximum absolute atomic E-state index is 14.9. The van der Waals surface area contributed by atoms with Crippen LogP contribution in [0.3, 0.4) is 0 Å². The van der Waals surface area contributed by atoms with E-state index in [1.807, 2.05) is 6.07 Å². The standard InChI is InChI=1S/C20H19F2N5O3S/c1-3-9-31(28,29)27-15-6-5-13(21)20(18(15)22)25-14-7-8-16-19(12(14)10-23)26-17(11-24-16)30-4-2/h5-8,11,25,27H,3-4,9H2,1-2H3. The molecule has 1 aromatic heterocycles. The van der Waals surface area contributed by atoms with Gasteiger partial charge in [0.2, 0.25) is 15.9 Å². The summed E-state index contributed by atoms with van der Waals surface area (Å²) in [6, 6.07) is 6.85. The average Bonchev–Trinajstić information content (AvgIpc) is 2.73. The van der Waals surface area contributed by atoms with Crippen molar-refractivity contribution >= 4 is 38.1 Å². The summed E-state index contributed by atoms with van der Waals surface area (Å²) in [7, 11) is -3.79. The molecule has 162 valence electrons. The molecule has 0 fully saturated rings. The number of fused-ring (bicyclic) bond motifs is 1. The minimum absolute atomic E-state index is 0.00215. The van der Waals surface area contributed by atoms with Gasteiger partial charge < -0.3 is 10.1 Å². The van der Waals surface area contributed by atoms with Crippen LogP contribution in [0.5, 0.6) is 5.88 Å². The van der Waals surface area contributed by atoms with Gasteiger partial charge in [0.05, 0.1) is 35.4 Å². The molecular formula is C20H19F2N5O3S. The number of nitrogens with zero attached hydrogens (tertiary/aromatic N) is 3. The fraction of sp³-hybridized carbons (Fsp3) is 0.250. The van der Waals surface area contributed by atoms with Crippen molar-refractivity contribution in [2.75, 3.05) is 22.4 Å². The van der Waals surface area contributed by atoms with Crippen molar-refractivity contribution in [2.45, 2.75) is 20.3 Å². The smallest absolute Gasteiger partial charge is 0.232 e. The van der Waals surface area contributed by atoms with Crippen LogP contribution in [0.15, 0.2) is 30.5 Å². The van der Waals surface area contributed by atoms with Crippen molar-refractivity contribution in [1.82, 2.24) is 9.97 Å². The first-order valence-corrected chi connectivity index (χ1v) is 11.0. The van der Waals surface area contributed by atoms with Gasteiger partial charge in [-0.1, -0.05) is 6.92 Å². The summed E-state index contributed by atoms with van der Waals surface area (Å²) in [6.45, 7) is 3.77. The molecular weight excluding hydrogens is 428 g/mol. The Labute approximate surface area is 177 Å². The molecule has 2 N–H and O–H groups in total. The number of hydrogen-bond acceptors (Lipinski definition) is 7. The van der Waals surface area contributed by atoms with Gasteiger partial charge in [-0.3, -0.25) is 4.72 Å². The number of benzene rings is 2. The zero-order chi connectivity index (χ0) is 22.6. The molecule has 0 unspecified atom stereocenters. The monoisotopic (exact) mass is 447 g/mol. The maximum Gasteiger partial charge on any atom is 0.232 e. The van der Waals surface area contributed by atoms with E-state index in [0.29, 0.717) is 18.5 Å². The molecule has 0 aliphatic rings. The summed E-state index contributed by atoms with van der Waals surface area (Å²) < 4.78 is 60.7. The Morgan fingerprint density at radius 3 is 2.58 bits per heavy atom. The Kier molecular flexibility index (Phi) is 6.50. The molecule has 0 spiro atoms. The second-order valence-corrected chi connectivity index (χ2v) is 8.28. The minimum Gasteiger partial charge on any atom is -0.477 e. The highest BCUT2D eigenvalue weighted by Crippen LogP contribution is 2.32. The Morgan fingerprint density at radius 1 is 1.16 bits per heavy atom. The molecule has 0 aliphatic carbocycles. The lowest BCUT2D eigenvalue weighted by Gasteiger charge is -2.15. The van der Waals surface area contributed by atoms with Gasteiger partial charge >= 0.3 is 0 Å². The lowest BCUT2D eigenvalue weighted by molar-refractivity contribution is 0.326. The lowest BCUT2D eigenvalue weighted by atomic mass is 10.1. The van der Waals surface area contributed by atoms with E-state index in [4.69, 9.17) is 4.74 Å². The topological polar surface area (TPSA) is 117 Å². The summed E-state index contributed by atoms with van der Waals surface area (Å²) in [5.74, 6) is -2.11. The highest BCUT2D eigenvalue weighted by molar-refractivity contribution is 7.92. The Morgan fingerprint density at radius 2 is 1.90 bits per heavy atom. The molecule has 0 saturated heterocycles. The quantitative estimate of drug-likeness (QED) is 0.534. The molecule has 3 aromatic rings. The summed E-state index contributed by atoms with van der Waals surface area (Å²) in [4.78, 5) is 8.42. The molecule has 8 nitrogen and oxygen atoms in total. The van der Waals surface area contributed by atoms with E-state index in [0.717, 1.165) is 12.1 Å². The second-order valence-electron chi connectivity index (χ2n) is 6.44. The number of ether oxygens (including phenoxy) is 1. The number of nitrogens with one attached hydrogen (secondary N) is 2. The van der Waals surface area contributed by atoms with Gasteiger partial charge in [0.1, 0.15) is 28.7 Å². The zero-order valence-corrected chi connectivity index (χ0v) is 17.6. The summed E-state index contributed by atoms with van der Waals surface area (Å²) in [6.07, 6.45) is 1.74. The van der Waals surface area contributed by atoms with Crippen LogP contribution in [0.1, 0.15) is 25.8 Å². The normalized spacial score (nSPS) is 11.2. The SMILES string of the molecule is CCCS(=O)(=O)Nc1ccc(F)c(Nc2ccc3ncc(OCC)nc3c2C#N)c1F. The molecule has 0 bridgehead atoms. The number of hydrogen-bond donors (Lipinski definition) is 2. The van der Waals surface area contributed by atoms with E-state index in [2.05, 4.69) is 20.0 Å². The molecule has 1 heterocycles. The van der Waals surface area contributed by atoms with Crippen molar-refractivity contribution < 1.29 is 21.9 Å². The van der Waals surface area contributed by atoms with Gasteiger partial charge in [-0.15, -0.1) is 0 Å². The van der Waals surface area contributed by atoms with E-state index in [1.165, 1.54) is 18.3 Å². The van der Waals surface area contributed by atoms with E-state index in [9.17, 15) is 22.5 Å². The predicted molar refractivity (Wildman–Crippen MR) is 113 cm³/mol. The van der Waals surface area contributed by atoms with Crippen LogP contribution in [0.2, 0.25) is 0 Å². The summed E-state index contributed by atoms with van der Waals surface area (Å²) >= 11 is 0. The first kappa shape index (κ1) is 22.2. The first-order chi connectivity index (χ1) is 14.8. The fourth-order valence-electron chi connectivity index (χ4n) is 2.86. The molecule has 11 heteroatoms. The molecule has 0 saturated carbocycles. The molecule has 0 atom stereocenters.